The van der Waals surface area contributed by atoms with Crippen LogP contribution in [-0.2, 0) is 7.05 Å². The molecule has 1 aromatic heterocycles. The summed E-state index contributed by atoms with van der Waals surface area (Å²) in [6.45, 7) is 1.96. The number of carbonyl (C=O) groups is 1. The van der Waals surface area contributed by atoms with Crippen LogP contribution in [0.2, 0.25) is 0 Å². The Labute approximate surface area is 106 Å². The Hall–Kier alpha value is -2.41. The van der Waals surface area contributed by atoms with Crippen molar-refractivity contribution >= 4 is 5.78 Å². The summed E-state index contributed by atoms with van der Waals surface area (Å²) in [5.41, 5.74) is 1.80. The third-order valence-electron chi connectivity index (χ3n) is 2.84. The topological polar surface area (TPSA) is 58.7 Å². The molecule has 18 heavy (non-hydrogen) atoms. The van der Waals surface area contributed by atoms with E-state index in [-0.39, 0.29) is 5.78 Å². The molecule has 0 radical (unpaired) electrons. The van der Waals surface area contributed by atoms with Crippen molar-refractivity contribution in [3.8, 4) is 6.07 Å². The third kappa shape index (κ3) is 2.16. The second-order valence-electron chi connectivity index (χ2n) is 4.20. The summed E-state index contributed by atoms with van der Waals surface area (Å²) < 4.78 is 1.63. The molecule has 1 unspecified atom stereocenters. The van der Waals surface area contributed by atoms with Crippen LogP contribution in [0.5, 0.6) is 0 Å². The summed E-state index contributed by atoms with van der Waals surface area (Å²) in [7, 11) is 1.74. The first-order valence-corrected chi connectivity index (χ1v) is 5.61. The van der Waals surface area contributed by atoms with Gasteiger partial charge in [0.25, 0.3) is 0 Å². The molecule has 0 aliphatic rings. The molecule has 90 valence electrons. The van der Waals surface area contributed by atoms with Crippen LogP contribution in [0.1, 0.15) is 27.7 Å². The lowest BCUT2D eigenvalue weighted by molar-refractivity contribution is 0.0966. The number of imidazole rings is 1. The van der Waals surface area contributed by atoms with E-state index in [9.17, 15) is 10.1 Å². The van der Waals surface area contributed by atoms with Crippen LogP contribution in [-0.4, -0.2) is 15.3 Å². The van der Waals surface area contributed by atoms with Gasteiger partial charge in [-0.3, -0.25) is 4.79 Å². The predicted molar refractivity (Wildman–Crippen MR) is 67.1 cm³/mol. The largest absolute Gasteiger partial charge is 0.332 e. The Bertz CT molecular complexity index is 605. The highest BCUT2D eigenvalue weighted by molar-refractivity contribution is 6.00. The summed E-state index contributed by atoms with van der Waals surface area (Å²) in [4.78, 5) is 16.2. The van der Waals surface area contributed by atoms with E-state index >= 15 is 0 Å². The quantitative estimate of drug-likeness (QED) is 0.771. The zero-order chi connectivity index (χ0) is 13.1. The van der Waals surface area contributed by atoms with E-state index in [1.165, 1.54) is 0 Å². The van der Waals surface area contributed by atoms with Crippen LogP contribution in [0.25, 0.3) is 0 Å². The molecule has 0 amide bonds. The normalized spacial score (nSPS) is 11.8. The van der Waals surface area contributed by atoms with Crippen LogP contribution >= 0.6 is 0 Å². The lowest BCUT2D eigenvalue weighted by Gasteiger charge is -2.08. The second-order valence-corrected chi connectivity index (χ2v) is 4.20. The fraction of sp³-hybridized carbons (Fsp3) is 0.214. The molecule has 0 saturated carbocycles. The maximum absolute atomic E-state index is 12.2. The summed E-state index contributed by atoms with van der Waals surface area (Å²) in [6, 6.07) is 9.46. The number of ketones is 1. The van der Waals surface area contributed by atoms with Crippen molar-refractivity contribution in [3.05, 3.63) is 53.6 Å². The highest BCUT2D eigenvalue weighted by atomic mass is 16.1. The molecule has 0 N–H and O–H groups in total. The minimum absolute atomic E-state index is 0.270. The van der Waals surface area contributed by atoms with E-state index in [1.807, 2.05) is 31.2 Å². The Kier molecular flexibility index (Phi) is 3.24. The lowest BCUT2D eigenvalue weighted by Crippen LogP contribution is -2.15. The van der Waals surface area contributed by atoms with Crippen molar-refractivity contribution < 1.29 is 4.79 Å². The van der Waals surface area contributed by atoms with E-state index in [1.54, 1.807) is 24.0 Å². The maximum atomic E-state index is 12.2. The molecule has 2 rings (SSSR count). The summed E-state index contributed by atoms with van der Waals surface area (Å²) in [5.74, 6) is -0.761. The van der Waals surface area contributed by atoms with Crippen molar-refractivity contribution in [2.45, 2.75) is 12.8 Å². The fourth-order valence-electron chi connectivity index (χ4n) is 1.78. The molecule has 0 saturated heterocycles. The van der Waals surface area contributed by atoms with Crippen molar-refractivity contribution in [3.63, 3.8) is 0 Å². The number of aryl methyl sites for hydroxylation is 2. The van der Waals surface area contributed by atoms with Gasteiger partial charge in [0.2, 0.25) is 5.78 Å². The molecule has 2 aromatic rings. The van der Waals surface area contributed by atoms with Gasteiger partial charge in [-0.1, -0.05) is 29.8 Å². The molecule has 1 aromatic carbocycles. The highest BCUT2D eigenvalue weighted by Crippen LogP contribution is 2.20. The van der Waals surface area contributed by atoms with Crippen molar-refractivity contribution in [2.75, 3.05) is 0 Å². The van der Waals surface area contributed by atoms with E-state index in [0.717, 1.165) is 5.56 Å². The van der Waals surface area contributed by atoms with E-state index in [0.29, 0.717) is 11.4 Å². The van der Waals surface area contributed by atoms with Crippen molar-refractivity contribution in [1.29, 1.82) is 5.26 Å². The Morgan fingerprint density at radius 3 is 2.56 bits per heavy atom. The van der Waals surface area contributed by atoms with Crippen LogP contribution in [0.3, 0.4) is 0 Å². The van der Waals surface area contributed by atoms with Crippen LogP contribution < -0.4 is 0 Å². The third-order valence-corrected chi connectivity index (χ3v) is 2.84. The number of nitrogens with zero attached hydrogens (tertiary/aromatic N) is 3. The molecule has 0 spiro atoms. The monoisotopic (exact) mass is 239 g/mol. The first kappa shape index (κ1) is 12.1. The SMILES string of the molecule is Cc1ccc(C(C#N)C(=O)c2nccn2C)cc1. The van der Waals surface area contributed by atoms with Crippen LogP contribution in [0.4, 0.5) is 0 Å². The highest BCUT2D eigenvalue weighted by Gasteiger charge is 2.24. The number of benzene rings is 1. The average Bonchev–Trinajstić information content (AvgIpc) is 2.78. The van der Waals surface area contributed by atoms with Gasteiger partial charge in [0.05, 0.1) is 6.07 Å². The van der Waals surface area contributed by atoms with Crippen LogP contribution in [0.15, 0.2) is 36.7 Å². The van der Waals surface area contributed by atoms with E-state index in [2.05, 4.69) is 11.1 Å². The number of aromatic nitrogens is 2. The van der Waals surface area contributed by atoms with Gasteiger partial charge in [-0.05, 0) is 12.5 Å². The van der Waals surface area contributed by atoms with Gasteiger partial charge >= 0.3 is 0 Å². The van der Waals surface area contributed by atoms with Gasteiger partial charge < -0.3 is 4.57 Å². The van der Waals surface area contributed by atoms with Crippen molar-refractivity contribution in [2.24, 2.45) is 7.05 Å². The molecule has 1 heterocycles. The zero-order valence-electron chi connectivity index (χ0n) is 10.3. The minimum Gasteiger partial charge on any atom is -0.332 e. The molecule has 1 atom stereocenters. The average molecular weight is 239 g/mol. The lowest BCUT2D eigenvalue weighted by atomic mass is 9.95. The van der Waals surface area contributed by atoms with Gasteiger partial charge in [0.15, 0.2) is 5.82 Å². The number of nitriles is 1. The van der Waals surface area contributed by atoms with Gasteiger partial charge in [0.1, 0.15) is 5.92 Å². The van der Waals surface area contributed by atoms with Crippen LogP contribution in [0, 0.1) is 18.3 Å². The molecule has 0 aliphatic carbocycles. The van der Waals surface area contributed by atoms with Gasteiger partial charge in [-0.25, -0.2) is 4.98 Å². The maximum Gasteiger partial charge on any atom is 0.219 e. The first-order valence-electron chi connectivity index (χ1n) is 5.61. The zero-order valence-corrected chi connectivity index (χ0v) is 10.3. The van der Waals surface area contributed by atoms with Crippen molar-refractivity contribution in [1.82, 2.24) is 9.55 Å². The summed E-state index contributed by atoms with van der Waals surface area (Å²) in [6.07, 6.45) is 3.24. The Balaban J connectivity index is 2.36. The fourth-order valence-corrected chi connectivity index (χ4v) is 1.78. The Morgan fingerprint density at radius 2 is 2.06 bits per heavy atom. The molecule has 0 bridgehead atoms. The predicted octanol–water partition coefficient (Wildman–Crippen LogP) is 2.22. The Morgan fingerprint density at radius 1 is 1.39 bits per heavy atom. The van der Waals surface area contributed by atoms with Gasteiger partial charge in [-0.2, -0.15) is 5.26 Å². The van der Waals surface area contributed by atoms with E-state index in [4.69, 9.17) is 0 Å². The molecule has 4 nitrogen and oxygen atoms in total. The van der Waals surface area contributed by atoms with E-state index < -0.39 is 5.92 Å². The summed E-state index contributed by atoms with van der Waals surface area (Å²) >= 11 is 0. The first-order chi connectivity index (χ1) is 8.63. The van der Waals surface area contributed by atoms with Gasteiger partial charge in [-0.15, -0.1) is 0 Å². The molecular weight excluding hydrogens is 226 g/mol. The molecule has 0 fully saturated rings. The van der Waals surface area contributed by atoms with Gasteiger partial charge in [0, 0.05) is 19.4 Å². The number of carbonyl (C=O) groups excluding carboxylic acids is 1. The second kappa shape index (κ2) is 4.84. The molecule has 0 aliphatic heterocycles. The number of Topliss-reactive ketones (excluding diaryl/α,β-unsaturated/α-hetero) is 1. The standard InChI is InChI=1S/C14H13N3O/c1-10-3-5-11(6-4-10)12(9-15)13(18)14-16-7-8-17(14)2/h3-8,12H,1-2H3. The number of rotatable bonds is 3. The molecular formula is C14H13N3O. The smallest absolute Gasteiger partial charge is 0.219 e. The minimum atomic E-state index is -0.799. The number of hydrogen-bond acceptors (Lipinski definition) is 3. The number of hydrogen-bond donors (Lipinski definition) is 0. The molecule has 4 heteroatoms. The summed E-state index contributed by atoms with van der Waals surface area (Å²) in [5, 5.41) is 9.20.